The lowest BCUT2D eigenvalue weighted by Crippen LogP contribution is -2.30. The van der Waals surface area contributed by atoms with Crippen molar-refractivity contribution in [1.29, 1.82) is 0 Å². The van der Waals surface area contributed by atoms with Crippen molar-refractivity contribution in [2.75, 3.05) is 6.26 Å². The molecule has 0 aromatic heterocycles. The molecule has 0 saturated heterocycles. The molecule has 0 aliphatic heterocycles. The number of rotatable bonds is 11. The fraction of sp³-hybridized carbons (Fsp3) is 0.296. The lowest BCUT2D eigenvalue weighted by atomic mass is 9.98. The molecule has 0 saturated carbocycles. The second kappa shape index (κ2) is 11.5. The van der Waals surface area contributed by atoms with Crippen LogP contribution in [0.15, 0.2) is 71.6 Å². The summed E-state index contributed by atoms with van der Waals surface area (Å²) in [5.41, 5.74) is 2.19. The van der Waals surface area contributed by atoms with Gasteiger partial charge in [-0.15, -0.1) is 4.13 Å². The van der Waals surface area contributed by atoms with Gasteiger partial charge in [0.05, 0.1) is 12.4 Å². The molecule has 8 nitrogen and oxygen atoms in total. The molecular weight excluding hydrogens is 514 g/mol. The predicted molar refractivity (Wildman–Crippen MR) is 142 cm³/mol. The SMILES string of the molecule is CCC(C)Oc1ccc(Oc2ccc(C(=O)c3ccc(C(C)C)cc3)cc2)cc1S(=O)(=O)NS(C)(=O)=O. The van der Waals surface area contributed by atoms with Crippen LogP contribution in [0.4, 0.5) is 0 Å². The molecule has 3 aromatic carbocycles. The predicted octanol–water partition coefficient (Wildman–Crippen LogP) is 5.25. The van der Waals surface area contributed by atoms with E-state index in [2.05, 4.69) is 13.8 Å². The van der Waals surface area contributed by atoms with Crippen LogP contribution in [0.5, 0.6) is 17.2 Å². The molecule has 0 heterocycles. The first-order valence-electron chi connectivity index (χ1n) is 11.8. The summed E-state index contributed by atoms with van der Waals surface area (Å²) >= 11 is 0. The number of benzene rings is 3. The molecule has 1 N–H and O–H groups in total. The van der Waals surface area contributed by atoms with Gasteiger partial charge in [-0.1, -0.05) is 45.0 Å². The molecule has 0 bridgehead atoms. The Kier molecular flexibility index (Phi) is 8.78. The van der Waals surface area contributed by atoms with Gasteiger partial charge >= 0.3 is 0 Å². The Bertz CT molecular complexity index is 1460. The minimum absolute atomic E-state index is 0.00211. The van der Waals surface area contributed by atoms with Crippen LogP contribution in [-0.2, 0) is 20.0 Å². The highest BCUT2D eigenvalue weighted by Crippen LogP contribution is 2.32. The van der Waals surface area contributed by atoms with Crippen molar-refractivity contribution in [3.63, 3.8) is 0 Å². The van der Waals surface area contributed by atoms with Crippen molar-refractivity contribution < 1.29 is 31.1 Å². The van der Waals surface area contributed by atoms with E-state index in [9.17, 15) is 21.6 Å². The molecule has 0 aliphatic carbocycles. The van der Waals surface area contributed by atoms with E-state index in [-0.39, 0.29) is 28.3 Å². The van der Waals surface area contributed by atoms with Crippen LogP contribution in [0.25, 0.3) is 0 Å². The third-order valence-electron chi connectivity index (χ3n) is 5.56. The van der Waals surface area contributed by atoms with Crippen LogP contribution in [0, 0.1) is 0 Å². The summed E-state index contributed by atoms with van der Waals surface area (Å²) in [6.45, 7) is 7.82. The Morgan fingerprint density at radius 3 is 1.89 bits per heavy atom. The van der Waals surface area contributed by atoms with Crippen molar-refractivity contribution in [2.45, 2.75) is 51.0 Å². The number of carbonyl (C=O) groups is 1. The summed E-state index contributed by atoms with van der Waals surface area (Å²) in [6, 6.07) is 18.1. The second-order valence-corrected chi connectivity index (χ2v) is 12.7. The Balaban J connectivity index is 1.85. The number of ketones is 1. The fourth-order valence-corrected chi connectivity index (χ4v) is 6.01. The minimum Gasteiger partial charge on any atom is -0.489 e. The summed E-state index contributed by atoms with van der Waals surface area (Å²) in [4.78, 5) is 12.5. The van der Waals surface area contributed by atoms with E-state index in [1.165, 1.54) is 18.2 Å². The van der Waals surface area contributed by atoms with Gasteiger partial charge in [0, 0.05) is 17.2 Å². The maximum Gasteiger partial charge on any atom is 0.257 e. The maximum atomic E-state index is 12.8. The average molecular weight is 546 g/mol. The van der Waals surface area contributed by atoms with Gasteiger partial charge in [0.15, 0.2) is 5.78 Å². The number of carbonyl (C=O) groups excluding carboxylic acids is 1. The van der Waals surface area contributed by atoms with Crippen molar-refractivity contribution in [1.82, 2.24) is 4.13 Å². The van der Waals surface area contributed by atoms with Crippen LogP contribution in [0.3, 0.4) is 0 Å². The molecule has 10 heteroatoms. The van der Waals surface area contributed by atoms with Gasteiger partial charge in [0.25, 0.3) is 10.0 Å². The number of sulfonamides is 2. The van der Waals surface area contributed by atoms with Gasteiger partial charge in [0.1, 0.15) is 22.1 Å². The van der Waals surface area contributed by atoms with Crippen LogP contribution in [-0.4, -0.2) is 35.0 Å². The smallest absolute Gasteiger partial charge is 0.257 e. The molecule has 0 fully saturated rings. The zero-order valence-corrected chi connectivity index (χ0v) is 23.0. The number of nitrogens with one attached hydrogen (secondary N) is 1. The van der Waals surface area contributed by atoms with Gasteiger partial charge in [0.2, 0.25) is 10.0 Å². The van der Waals surface area contributed by atoms with Crippen molar-refractivity contribution in [3.8, 4) is 17.2 Å². The quantitative estimate of drug-likeness (QED) is 0.327. The fourth-order valence-electron chi connectivity index (χ4n) is 3.40. The van der Waals surface area contributed by atoms with E-state index in [1.54, 1.807) is 47.4 Å². The summed E-state index contributed by atoms with van der Waals surface area (Å²) in [6.07, 6.45) is 1.07. The normalized spacial score (nSPS) is 12.8. The zero-order chi connectivity index (χ0) is 27.4. The van der Waals surface area contributed by atoms with Gasteiger partial charge < -0.3 is 9.47 Å². The Morgan fingerprint density at radius 1 is 0.838 bits per heavy atom. The van der Waals surface area contributed by atoms with Crippen LogP contribution >= 0.6 is 0 Å². The van der Waals surface area contributed by atoms with Crippen molar-refractivity contribution in [2.24, 2.45) is 0 Å². The first-order chi connectivity index (χ1) is 17.3. The molecule has 198 valence electrons. The van der Waals surface area contributed by atoms with E-state index in [1.807, 2.05) is 19.1 Å². The summed E-state index contributed by atoms with van der Waals surface area (Å²) in [5.74, 6) is 0.750. The van der Waals surface area contributed by atoms with E-state index in [0.717, 1.165) is 11.8 Å². The van der Waals surface area contributed by atoms with E-state index < -0.39 is 20.0 Å². The van der Waals surface area contributed by atoms with Crippen LogP contribution in [0.1, 0.15) is 61.5 Å². The molecule has 1 unspecified atom stereocenters. The minimum atomic E-state index is -4.46. The molecule has 1 atom stereocenters. The lowest BCUT2D eigenvalue weighted by molar-refractivity contribution is 0.103. The molecule has 3 aromatic rings. The van der Waals surface area contributed by atoms with Crippen molar-refractivity contribution >= 4 is 25.8 Å². The molecule has 0 aliphatic rings. The molecule has 0 spiro atoms. The average Bonchev–Trinajstić information content (AvgIpc) is 2.83. The Hall–Kier alpha value is -3.21. The largest absolute Gasteiger partial charge is 0.489 e. The maximum absolute atomic E-state index is 12.8. The first-order valence-corrected chi connectivity index (χ1v) is 15.1. The summed E-state index contributed by atoms with van der Waals surface area (Å²) in [5, 5.41) is 0. The van der Waals surface area contributed by atoms with Gasteiger partial charge in [-0.3, -0.25) is 4.79 Å². The third-order valence-corrected chi connectivity index (χ3v) is 8.55. The van der Waals surface area contributed by atoms with Gasteiger partial charge in [-0.2, -0.15) is 0 Å². The number of ether oxygens (including phenoxy) is 2. The molecular formula is C27H31NO7S2. The van der Waals surface area contributed by atoms with Crippen LogP contribution < -0.4 is 13.6 Å². The number of hydrogen-bond acceptors (Lipinski definition) is 7. The molecule has 3 rings (SSSR count). The highest BCUT2D eigenvalue weighted by Gasteiger charge is 2.25. The lowest BCUT2D eigenvalue weighted by Gasteiger charge is -2.17. The molecule has 0 radical (unpaired) electrons. The topological polar surface area (TPSA) is 116 Å². The van der Waals surface area contributed by atoms with E-state index in [0.29, 0.717) is 29.2 Å². The van der Waals surface area contributed by atoms with E-state index in [4.69, 9.17) is 9.47 Å². The van der Waals surface area contributed by atoms with E-state index >= 15 is 0 Å². The molecule has 37 heavy (non-hydrogen) atoms. The van der Waals surface area contributed by atoms with Gasteiger partial charge in [-0.05, 0) is 61.2 Å². The Morgan fingerprint density at radius 2 is 1.38 bits per heavy atom. The van der Waals surface area contributed by atoms with Crippen LogP contribution in [0.2, 0.25) is 0 Å². The summed E-state index contributed by atoms with van der Waals surface area (Å²) in [7, 11) is -8.52. The highest BCUT2D eigenvalue weighted by molar-refractivity contribution is 8.04. The standard InChI is InChI=1S/C27H31NO7S2/c1-6-19(4)34-25-16-15-24(17-26(25)37(32,33)28-36(5,30)31)35-23-13-11-22(12-14-23)27(29)21-9-7-20(8-10-21)18(2)3/h7-19,28H,6H2,1-5H3. The second-order valence-electron chi connectivity index (χ2n) is 9.04. The summed E-state index contributed by atoms with van der Waals surface area (Å²) < 4.78 is 62.0. The monoisotopic (exact) mass is 545 g/mol. The zero-order valence-electron chi connectivity index (χ0n) is 21.4. The third kappa shape index (κ3) is 7.64. The van der Waals surface area contributed by atoms with Crippen molar-refractivity contribution in [3.05, 3.63) is 83.4 Å². The Labute approximate surface area is 218 Å². The highest BCUT2D eigenvalue weighted by atomic mass is 32.3. The first kappa shape index (κ1) is 28.4. The van der Waals surface area contributed by atoms with Gasteiger partial charge in [-0.25, -0.2) is 16.8 Å². The number of hydrogen-bond donors (Lipinski definition) is 1. The molecule has 0 amide bonds.